The Kier molecular flexibility index (Phi) is 4.03. The monoisotopic (exact) mass is 291 g/mol. The zero-order valence-electron chi connectivity index (χ0n) is 10.7. The number of hydrogen-bond donors (Lipinski definition) is 1. The Labute approximate surface area is 121 Å². The minimum atomic E-state index is 0.467. The minimum absolute atomic E-state index is 0.467. The molecule has 19 heavy (non-hydrogen) atoms. The van der Waals surface area contributed by atoms with Crippen LogP contribution < -0.4 is 5.73 Å². The highest BCUT2D eigenvalue weighted by molar-refractivity contribution is 8.01. The first-order valence-electron chi connectivity index (χ1n) is 6.62. The van der Waals surface area contributed by atoms with E-state index in [1.54, 1.807) is 11.8 Å². The van der Waals surface area contributed by atoms with Crippen molar-refractivity contribution in [3.05, 3.63) is 35.9 Å². The molecule has 0 spiro atoms. The molecule has 0 bridgehead atoms. The van der Waals surface area contributed by atoms with Crippen LogP contribution in [0.15, 0.2) is 34.7 Å². The molecule has 1 aromatic heterocycles. The predicted octanol–water partition coefficient (Wildman–Crippen LogP) is 4.14. The summed E-state index contributed by atoms with van der Waals surface area (Å²) in [7, 11) is 0. The van der Waals surface area contributed by atoms with E-state index in [1.807, 2.05) is 0 Å². The molecule has 1 aliphatic rings. The summed E-state index contributed by atoms with van der Waals surface area (Å²) < 4.78 is 0.974. The first-order chi connectivity index (χ1) is 9.31. The number of hydrogen-bond acceptors (Lipinski definition) is 5. The molecule has 1 fully saturated rings. The third-order valence-corrected chi connectivity index (χ3v) is 5.53. The summed E-state index contributed by atoms with van der Waals surface area (Å²) in [6.07, 6.45) is 5.36. The fourth-order valence-electron chi connectivity index (χ4n) is 2.14. The van der Waals surface area contributed by atoms with Gasteiger partial charge >= 0.3 is 0 Å². The van der Waals surface area contributed by atoms with Gasteiger partial charge in [0.05, 0.1) is 0 Å². The van der Waals surface area contributed by atoms with Gasteiger partial charge in [0.25, 0.3) is 0 Å². The van der Waals surface area contributed by atoms with Crippen molar-refractivity contribution in [1.82, 2.24) is 10.2 Å². The van der Waals surface area contributed by atoms with Gasteiger partial charge in [0.1, 0.15) is 0 Å². The molecule has 2 N–H and O–H groups in total. The molecule has 1 aliphatic carbocycles. The predicted molar refractivity (Wildman–Crippen MR) is 81.3 cm³/mol. The van der Waals surface area contributed by atoms with Crippen LogP contribution in [-0.2, 0) is 0 Å². The van der Waals surface area contributed by atoms with Crippen molar-refractivity contribution in [2.24, 2.45) is 5.92 Å². The molecule has 0 aliphatic heterocycles. The maximum absolute atomic E-state index is 5.66. The van der Waals surface area contributed by atoms with E-state index in [2.05, 4.69) is 40.5 Å². The van der Waals surface area contributed by atoms with E-state index in [9.17, 15) is 0 Å². The van der Waals surface area contributed by atoms with Crippen LogP contribution in [0.1, 0.15) is 36.5 Å². The minimum Gasteiger partial charge on any atom is -0.374 e. The quantitative estimate of drug-likeness (QED) is 0.813. The molecule has 3 nitrogen and oxygen atoms in total. The van der Waals surface area contributed by atoms with Gasteiger partial charge in [-0.15, -0.1) is 10.2 Å². The molecule has 5 heteroatoms. The van der Waals surface area contributed by atoms with Crippen LogP contribution in [0.4, 0.5) is 5.13 Å². The topological polar surface area (TPSA) is 51.8 Å². The molecular formula is C14H17N3S2. The number of aromatic nitrogens is 2. The number of thioether (sulfide) groups is 1. The van der Waals surface area contributed by atoms with Crippen molar-refractivity contribution in [1.29, 1.82) is 0 Å². The molecule has 0 unspecified atom stereocenters. The first-order valence-corrected chi connectivity index (χ1v) is 8.31. The van der Waals surface area contributed by atoms with Crippen molar-refractivity contribution in [3.8, 4) is 0 Å². The number of nitrogen functional groups attached to an aromatic ring is 1. The van der Waals surface area contributed by atoms with Crippen LogP contribution in [0.3, 0.4) is 0 Å². The average molecular weight is 291 g/mol. The van der Waals surface area contributed by atoms with Gasteiger partial charge in [0.15, 0.2) is 4.34 Å². The van der Waals surface area contributed by atoms with Gasteiger partial charge in [0, 0.05) is 5.25 Å². The molecule has 1 aromatic carbocycles. The van der Waals surface area contributed by atoms with Crippen LogP contribution >= 0.6 is 23.1 Å². The fraction of sp³-hybridized carbons (Fsp3) is 0.429. The average Bonchev–Trinajstić information content (AvgIpc) is 3.18. The van der Waals surface area contributed by atoms with Crippen molar-refractivity contribution in [2.75, 3.05) is 5.73 Å². The highest BCUT2D eigenvalue weighted by Crippen LogP contribution is 2.43. The van der Waals surface area contributed by atoms with E-state index >= 15 is 0 Å². The maximum atomic E-state index is 5.66. The van der Waals surface area contributed by atoms with Crippen molar-refractivity contribution < 1.29 is 0 Å². The molecule has 1 saturated carbocycles. The van der Waals surface area contributed by atoms with Gasteiger partial charge in [-0.3, -0.25) is 0 Å². The van der Waals surface area contributed by atoms with Crippen LogP contribution in [-0.4, -0.2) is 10.2 Å². The number of nitrogens with zero attached hydrogens (tertiary/aromatic N) is 2. The van der Waals surface area contributed by atoms with Crippen LogP contribution in [0.5, 0.6) is 0 Å². The molecule has 0 amide bonds. The summed E-state index contributed by atoms with van der Waals surface area (Å²) in [6.45, 7) is 0. The molecule has 3 rings (SSSR count). The molecule has 0 radical (unpaired) electrons. The summed E-state index contributed by atoms with van der Waals surface area (Å²) in [4.78, 5) is 0. The summed E-state index contributed by atoms with van der Waals surface area (Å²) >= 11 is 3.28. The van der Waals surface area contributed by atoms with E-state index in [-0.39, 0.29) is 0 Å². The van der Waals surface area contributed by atoms with Gasteiger partial charge in [-0.1, -0.05) is 66.3 Å². The number of benzene rings is 1. The zero-order chi connectivity index (χ0) is 13.1. The first kappa shape index (κ1) is 12.9. The van der Waals surface area contributed by atoms with E-state index in [1.165, 1.54) is 42.6 Å². The van der Waals surface area contributed by atoms with Gasteiger partial charge in [0.2, 0.25) is 5.13 Å². The van der Waals surface area contributed by atoms with Gasteiger partial charge in [-0.2, -0.15) is 0 Å². The maximum Gasteiger partial charge on any atom is 0.203 e. The normalized spacial score (nSPS) is 16.4. The lowest BCUT2D eigenvalue weighted by Gasteiger charge is -2.15. The lowest BCUT2D eigenvalue weighted by atomic mass is 10.1. The van der Waals surface area contributed by atoms with E-state index in [4.69, 9.17) is 5.73 Å². The Hall–Kier alpha value is -1.07. The van der Waals surface area contributed by atoms with E-state index in [0.29, 0.717) is 10.4 Å². The Morgan fingerprint density at radius 2 is 2.05 bits per heavy atom. The van der Waals surface area contributed by atoms with E-state index in [0.717, 1.165) is 10.3 Å². The van der Waals surface area contributed by atoms with Crippen LogP contribution in [0.2, 0.25) is 0 Å². The third-order valence-electron chi connectivity index (χ3n) is 3.37. The summed E-state index contributed by atoms with van der Waals surface area (Å²) in [5.41, 5.74) is 7.03. The summed E-state index contributed by atoms with van der Waals surface area (Å²) in [5.74, 6) is 0.964. The Balaban J connectivity index is 1.71. The van der Waals surface area contributed by atoms with Crippen molar-refractivity contribution >= 4 is 28.2 Å². The Morgan fingerprint density at radius 3 is 2.68 bits per heavy atom. The lowest BCUT2D eigenvalue weighted by molar-refractivity contribution is 0.658. The molecule has 0 saturated heterocycles. The van der Waals surface area contributed by atoms with Crippen molar-refractivity contribution in [2.45, 2.75) is 35.3 Å². The smallest absolute Gasteiger partial charge is 0.203 e. The molecular weight excluding hydrogens is 274 g/mol. The highest BCUT2D eigenvalue weighted by atomic mass is 32.2. The molecule has 1 heterocycles. The molecule has 100 valence electrons. The lowest BCUT2D eigenvalue weighted by Crippen LogP contribution is -1.95. The third kappa shape index (κ3) is 3.70. The second-order valence-corrected chi connectivity index (χ2v) is 7.40. The number of nitrogens with two attached hydrogens (primary N) is 1. The highest BCUT2D eigenvalue weighted by Gasteiger charge is 2.24. The van der Waals surface area contributed by atoms with Crippen LogP contribution in [0, 0.1) is 5.92 Å². The largest absolute Gasteiger partial charge is 0.374 e. The Bertz CT molecular complexity index is 522. The second-order valence-electron chi connectivity index (χ2n) is 4.94. The second kappa shape index (κ2) is 5.92. The fourth-order valence-corrected chi connectivity index (χ4v) is 4.16. The van der Waals surface area contributed by atoms with Crippen molar-refractivity contribution in [3.63, 3.8) is 0 Å². The number of anilines is 1. The molecule has 2 aromatic rings. The van der Waals surface area contributed by atoms with Gasteiger partial charge in [-0.05, 0) is 24.3 Å². The number of rotatable bonds is 6. The van der Waals surface area contributed by atoms with Crippen LogP contribution in [0.25, 0.3) is 0 Å². The van der Waals surface area contributed by atoms with E-state index < -0.39 is 0 Å². The SMILES string of the molecule is Nc1nnc(S[C@H](CCC2CC2)c2ccccc2)s1. The van der Waals surface area contributed by atoms with Gasteiger partial charge < -0.3 is 5.73 Å². The standard InChI is InChI=1S/C14H17N3S2/c15-13-16-17-14(19-13)18-12(9-8-10-6-7-10)11-4-2-1-3-5-11/h1-5,10,12H,6-9H2,(H2,15,16)/t12-/m1/s1. The van der Waals surface area contributed by atoms with Gasteiger partial charge in [-0.25, -0.2) is 0 Å². The Morgan fingerprint density at radius 1 is 1.26 bits per heavy atom. The summed E-state index contributed by atoms with van der Waals surface area (Å²) in [5, 5.41) is 9.05. The summed E-state index contributed by atoms with van der Waals surface area (Å²) in [6, 6.07) is 10.7. The molecule has 1 atom stereocenters. The zero-order valence-corrected chi connectivity index (χ0v) is 12.3.